The minimum atomic E-state index is -0.139. The first-order chi connectivity index (χ1) is 11.7. The van der Waals surface area contributed by atoms with E-state index in [0.717, 1.165) is 78.0 Å². The Morgan fingerprint density at radius 1 is 1.12 bits per heavy atom. The summed E-state index contributed by atoms with van der Waals surface area (Å²) in [6.07, 6.45) is 10.5. The molecule has 0 aromatic carbocycles. The summed E-state index contributed by atoms with van der Waals surface area (Å²) in [6, 6.07) is 0. The maximum Gasteiger partial charge on any atom is 0.226 e. The van der Waals surface area contributed by atoms with Crippen molar-refractivity contribution in [3.63, 3.8) is 0 Å². The maximum absolute atomic E-state index is 12.5. The van der Waals surface area contributed by atoms with E-state index >= 15 is 0 Å². The second-order valence-corrected chi connectivity index (χ2v) is 7.87. The van der Waals surface area contributed by atoms with Crippen LogP contribution in [0.15, 0.2) is 12.2 Å². The minimum Gasteiger partial charge on any atom is -0.381 e. The number of amides is 1. The molecule has 4 aliphatic rings. The summed E-state index contributed by atoms with van der Waals surface area (Å²) in [4.78, 5) is 14.4. The highest BCUT2D eigenvalue weighted by molar-refractivity contribution is 5.80. The van der Waals surface area contributed by atoms with E-state index in [1.165, 1.54) is 0 Å². The molecule has 5 heteroatoms. The summed E-state index contributed by atoms with van der Waals surface area (Å²) < 4.78 is 17.7. The van der Waals surface area contributed by atoms with Gasteiger partial charge in [-0.25, -0.2) is 0 Å². The average Bonchev–Trinajstić information content (AvgIpc) is 3.13. The number of nitrogens with zero attached hydrogens (tertiary/aromatic N) is 1. The van der Waals surface area contributed by atoms with E-state index in [1.54, 1.807) is 0 Å². The van der Waals surface area contributed by atoms with E-state index in [2.05, 4.69) is 12.2 Å². The molecule has 1 spiro atoms. The van der Waals surface area contributed by atoms with Crippen molar-refractivity contribution in [3.05, 3.63) is 12.2 Å². The molecular formula is C19H29NO4. The van der Waals surface area contributed by atoms with Crippen LogP contribution in [0.2, 0.25) is 0 Å². The number of likely N-dealkylation sites (tertiary alicyclic amines) is 1. The molecule has 0 bridgehead atoms. The molecule has 3 aliphatic heterocycles. The van der Waals surface area contributed by atoms with Gasteiger partial charge in [0.1, 0.15) is 5.60 Å². The summed E-state index contributed by atoms with van der Waals surface area (Å²) in [7, 11) is 0. The van der Waals surface area contributed by atoms with Gasteiger partial charge in [0.25, 0.3) is 0 Å². The van der Waals surface area contributed by atoms with Gasteiger partial charge in [-0.15, -0.1) is 0 Å². The van der Waals surface area contributed by atoms with Crippen LogP contribution >= 0.6 is 0 Å². The summed E-state index contributed by atoms with van der Waals surface area (Å²) in [6.45, 7) is 4.85. The molecule has 4 rings (SSSR count). The predicted octanol–water partition coefficient (Wildman–Crippen LogP) is 2.16. The van der Waals surface area contributed by atoms with Gasteiger partial charge < -0.3 is 19.1 Å². The smallest absolute Gasteiger partial charge is 0.226 e. The molecule has 0 aromatic heterocycles. The number of carbonyl (C=O) groups excluding carboxylic acids is 1. The number of hydrogen-bond donors (Lipinski definition) is 0. The van der Waals surface area contributed by atoms with Gasteiger partial charge in [-0.2, -0.15) is 0 Å². The first kappa shape index (κ1) is 16.6. The van der Waals surface area contributed by atoms with Crippen LogP contribution in [-0.4, -0.2) is 62.0 Å². The van der Waals surface area contributed by atoms with Crippen molar-refractivity contribution < 1.29 is 19.0 Å². The SMILES string of the molecule is O=C(C1CC=CC1)N1CC2(C[C@H](OCC3CCOCC3)CCO2)C1. The van der Waals surface area contributed by atoms with Crippen molar-refractivity contribution in [2.24, 2.45) is 11.8 Å². The Hall–Kier alpha value is -0.910. The lowest BCUT2D eigenvalue weighted by Gasteiger charge is -2.53. The number of rotatable bonds is 4. The molecule has 24 heavy (non-hydrogen) atoms. The number of ether oxygens (including phenoxy) is 3. The molecule has 1 atom stereocenters. The molecule has 1 aliphatic carbocycles. The van der Waals surface area contributed by atoms with Gasteiger partial charge in [0.15, 0.2) is 0 Å². The van der Waals surface area contributed by atoms with Crippen LogP contribution in [0, 0.1) is 11.8 Å². The number of hydrogen-bond acceptors (Lipinski definition) is 4. The van der Waals surface area contributed by atoms with Gasteiger partial charge in [0.2, 0.25) is 5.91 Å². The van der Waals surface area contributed by atoms with E-state index in [0.29, 0.717) is 11.8 Å². The van der Waals surface area contributed by atoms with Crippen molar-refractivity contribution in [1.29, 1.82) is 0 Å². The van der Waals surface area contributed by atoms with Crippen LogP contribution in [0.4, 0.5) is 0 Å². The van der Waals surface area contributed by atoms with Crippen LogP contribution < -0.4 is 0 Å². The largest absolute Gasteiger partial charge is 0.381 e. The zero-order chi connectivity index (χ0) is 16.4. The zero-order valence-corrected chi connectivity index (χ0v) is 14.5. The van der Waals surface area contributed by atoms with E-state index in [4.69, 9.17) is 14.2 Å². The van der Waals surface area contributed by atoms with Crippen molar-refractivity contribution >= 4 is 5.91 Å². The zero-order valence-electron chi connectivity index (χ0n) is 14.5. The standard InChI is InChI=1S/C19H29NO4/c21-18(16-3-1-2-4-16)20-13-19(14-20)11-17(7-10-24-19)23-12-15-5-8-22-9-6-15/h1-2,15-17H,3-14H2/t17-/m1/s1. The summed E-state index contributed by atoms with van der Waals surface area (Å²) in [5.74, 6) is 1.12. The molecule has 5 nitrogen and oxygen atoms in total. The fourth-order valence-electron chi connectivity index (χ4n) is 4.41. The monoisotopic (exact) mass is 335 g/mol. The fourth-order valence-corrected chi connectivity index (χ4v) is 4.41. The molecule has 3 heterocycles. The normalized spacial score (nSPS) is 30.7. The van der Waals surface area contributed by atoms with Crippen molar-refractivity contribution in [3.8, 4) is 0 Å². The predicted molar refractivity (Wildman–Crippen MR) is 89.6 cm³/mol. The Balaban J connectivity index is 1.23. The van der Waals surface area contributed by atoms with E-state index in [9.17, 15) is 4.79 Å². The Labute approximate surface area is 144 Å². The van der Waals surface area contributed by atoms with Crippen LogP contribution in [0.25, 0.3) is 0 Å². The number of allylic oxidation sites excluding steroid dienone is 2. The molecule has 0 aromatic rings. The molecule has 134 valence electrons. The summed E-state index contributed by atoms with van der Waals surface area (Å²) in [5, 5.41) is 0. The molecule has 0 radical (unpaired) electrons. The quantitative estimate of drug-likeness (QED) is 0.739. The minimum absolute atomic E-state index is 0.139. The Morgan fingerprint density at radius 3 is 2.62 bits per heavy atom. The van der Waals surface area contributed by atoms with Gasteiger partial charge >= 0.3 is 0 Å². The molecule has 0 N–H and O–H groups in total. The average molecular weight is 335 g/mol. The third-order valence-corrected chi connectivity index (χ3v) is 5.98. The highest BCUT2D eigenvalue weighted by Gasteiger charge is 2.50. The van der Waals surface area contributed by atoms with Crippen LogP contribution in [0.5, 0.6) is 0 Å². The van der Waals surface area contributed by atoms with Crippen molar-refractivity contribution in [2.45, 2.75) is 50.2 Å². The van der Waals surface area contributed by atoms with Crippen molar-refractivity contribution in [2.75, 3.05) is 39.5 Å². The topological polar surface area (TPSA) is 48.0 Å². The lowest BCUT2D eigenvalue weighted by Crippen LogP contribution is -2.68. The van der Waals surface area contributed by atoms with E-state index in [-0.39, 0.29) is 17.6 Å². The fraction of sp³-hybridized carbons (Fsp3) is 0.842. The van der Waals surface area contributed by atoms with Gasteiger partial charge in [0, 0.05) is 38.8 Å². The molecule has 1 amide bonds. The highest BCUT2D eigenvalue weighted by Crippen LogP contribution is 2.37. The van der Waals surface area contributed by atoms with Crippen LogP contribution in [-0.2, 0) is 19.0 Å². The third kappa shape index (κ3) is 3.53. The molecule has 3 saturated heterocycles. The highest BCUT2D eigenvalue weighted by atomic mass is 16.5. The van der Waals surface area contributed by atoms with Crippen molar-refractivity contribution in [1.82, 2.24) is 4.90 Å². The molecule has 0 saturated carbocycles. The van der Waals surface area contributed by atoms with Gasteiger partial charge in [-0.05, 0) is 38.0 Å². The van der Waals surface area contributed by atoms with Crippen LogP contribution in [0.3, 0.4) is 0 Å². The second kappa shape index (κ2) is 7.14. The first-order valence-corrected chi connectivity index (χ1v) is 9.51. The summed E-state index contributed by atoms with van der Waals surface area (Å²) >= 11 is 0. The van der Waals surface area contributed by atoms with E-state index < -0.39 is 0 Å². The maximum atomic E-state index is 12.5. The summed E-state index contributed by atoms with van der Waals surface area (Å²) in [5.41, 5.74) is -0.139. The van der Waals surface area contributed by atoms with Gasteiger partial charge in [0.05, 0.1) is 19.2 Å². The Kier molecular flexibility index (Phi) is 4.93. The molecular weight excluding hydrogens is 306 g/mol. The lowest BCUT2D eigenvalue weighted by atomic mass is 9.83. The Morgan fingerprint density at radius 2 is 1.88 bits per heavy atom. The lowest BCUT2D eigenvalue weighted by molar-refractivity contribution is -0.204. The third-order valence-electron chi connectivity index (χ3n) is 5.98. The van der Waals surface area contributed by atoms with Crippen LogP contribution in [0.1, 0.15) is 38.5 Å². The molecule has 0 unspecified atom stereocenters. The van der Waals surface area contributed by atoms with E-state index in [1.807, 2.05) is 4.90 Å². The second-order valence-electron chi connectivity index (χ2n) is 7.87. The first-order valence-electron chi connectivity index (χ1n) is 9.51. The number of carbonyl (C=O) groups is 1. The van der Waals surface area contributed by atoms with Gasteiger partial charge in [-0.3, -0.25) is 4.79 Å². The Bertz CT molecular complexity index is 472. The molecule has 3 fully saturated rings. The van der Waals surface area contributed by atoms with Gasteiger partial charge in [-0.1, -0.05) is 12.2 Å².